The van der Waals surface area contributed by atoms with Crippen molar-refractivity contribution in [2.75, 3.05) is 23.5 Å². The fourth-order valence-electron chi connectivity index (χ4n) is 2.29. The molecule has 1 amide bonds. The van der Waals surface area contributed by atoms with E-state index in [0.29, 0.717) is 20.9 Å². The number of methoxy groups -OCH3 is 1. The highest BCUT2D eigenvalue weighted by atomic mass is 35.5. The van der Waals surface area contributed by atoms with Gasteiger partial charge in [0.25, 0.3) is 0 Å². The number of para-hydroxylation sites is 2. The highest BCUT2D eigenvalue weighted by Gasteiger charge is 2.31. The molecule has 6 nitrogen and oxygen atoms in total. The van der Waals surface area contributed by atoms with Crippen LogP contribution in [-0.2, 0) is 11.0 Å². The topological polar surface area (TPSA) is 76.1 Å². The third-order valence-corrected chi connectivity index (χ3v) is 5.95. The van der Waals surface area contributed by atoms with Crippen LogP contribution < -0.4 is 15.4 Å². The second-order valence-corrected chi connectivity index (χ2v) is 8.33. The maximum Gasteiger partial charge on any atom is 0.416 e. The quantitative estimate of drug-likeness (QED) is 0.428. The monoisotopic (exact) mass is 474 g/mol. The Morgan fingerprint density at radius 3 is 2.70 bits per heavy atom. The minimum atomic E-state index is -4.53. The lowest BCUT2D eigenvalue weighted by atomic mass is 10.2. The van der Waals surface area contributed by atoms with Crippen LogP contribution in [0.5, 0.6) is 5.75 Å². The summed E-state index contributed by atoms with van der Waals surface area (Å²) in [6.45, 7) is 0. The van der Waals surface area contributed by atoms with Gasteiger partial charge in [0.1, 0.15) is 5.75 Å². The van der Waals surface area contributed by atoms with Crippen molar-refractivity contribution in [2.24, 2.45) is 0 Å². The van der Waals surface area contributed by atoms with Crippen LogP contribution in [0.15, 0.2) is 46.8 Å². The molecule has 0 spiro atoms. The van der Waals surface area contributed by atoms with Crippen molar-refractivity contribution < 1.29 is 22.7 Å². The third-order valence-electron chi connectivity index (χ3n) is 3.65. The van der Waals surface area contributed by atoms with Gasteiger partial charge in [-0.2, -0.15) is 13.2 Å². The molecule has 0 saturated heterocycles. The molecule has 12 heteroatoms. The first-order chi connectivity index (χ1) is 14.3. The first kappa shape index (κ1) is 22.2. The lowest BCUT2D eigenvalue weighted by molar-refractivity contribution is -0.137. The van der Waals surface area contributed by atoms with Gasteiger partial charge in [0.15, 0.2) is 4.34 Å². The number of aromatic nitrogens is 2. The Bertz CT molecular complexity index is 1050. The zero-order valence-electron chi connectivity index (χ0n) is 15.3. The van der Waals surface area contributed by atoms with Crippen LogP contribution >= 0.6 is 34.7 Å². The molecule has 30 heavy (non-hydrogen) atoms. The van der Waals surface area contributed by atoms with Gasteiger partial charge in [-0.3, -0.25) is 4.79 Å². The second-order valence-electron chi connectivity index (χ2n) is 5.73. The molecular formula is C18H14ClF3N4O2S2. The average molecular weight is 475 g/mol. The van der Waals surface area contributed by atoms with Gasteiger partial charge in [0, 0.05) is 0 Å². The van der Waals surface area contributed by atoms with Gasteiger partial charge in [-0.05, 0) is 30.3 Å². The summed E-state index contributed by atoms with van der Waals surface area (Å²) >= 11 is 8.21. The molecule has 1 heterocycles. The van der Waals surface area contributed by atoms with Crippen LogP contribution in [-0.4, -0.2) is 29.0 Å². The molecule has 0 aliphatic carbocycles. The van der Waals surface area contributed by atoms with Crippen molar-refractivity contribution in [1.82, 2.24) is 10.2 Å². The summed E-state index contributed by atoms with van der Waals surface area (Å²) in [5.74, 6) is 0.0467. The van der Waals surface area contributed by atoms with Gasteiger partial charge >= 0.3 is 6.18 Å². The summed E-state index contributed by atoms with van der Waals surface area (Å²) in [6.07, 6.45) is -4.53. The molecule has 0 saturated carbocycles. The van der Waals surface area contributed by atoms with Gasteiger partial charge in [0.2, 0.25) is 11.0 Å². The predicted molar refractivity (Wildman–Crippen MR) is 112 cm³/mol. The van der Waals surface area contributed by atoms with E-state index in [0.717, 1.165) is 30.0 Å². The highest BCUT2D eigenvalue weighted by Crippen LogP contribution is 2.34. The maximum absolute atomic E-state index is 12.8. The van der Waals surface area contributed by atoms with Gasteiger partial charge in [0.05, 0.1) is 34.8 Å². The van der Waals surface area contributed by atoms with Crippen molar-refractivity contribution in [3.63, 3.8) is 0 Å². The lowest BCUT2D eigenvalue weighted by Gasteiger charge is -2.11. The number of rotatable bonds is 7. The number of halogens is 4. The van der Waals surface area contributed by atoms with Crippen molar-refractivity contribution in [1.29, 1.82) is 0 Å². The molecule has 2 N–H and O–H groups in total. The fourth-order valence-corrected chi connectivity index (χ4v) is 4.02. The van der Waals surface area contributed by atoms with E-state index >= 15 is 0 Å². The Morgan fingerprint density at radius 2 is 1.97 bits per heavy atom. The van der Waals surface area contributed by atoms with Crippen molar-refractivity contribution in [3.05, 3.63) is 53.1 Å². The van der Waals surface area contributed by atoms with Gasteiger partial charge in [-0.1, -0.05) is 46.8 Å². The van der Waals surface area contributed by atoms with Crippen LogP contribution in [0.2, 0.25) is 5.02 Å². The van der Waals surface area contributed by atoms with Crippen LogP contribution in [0.1, 0.15) is 5.56 Å². The SMILES string of the molecule is COc1ccccc1Nc1nnc(SCC(=O)Nc2cc(C(F)(F)F)ccc2Cl)s1. The molecular weight excluding hydrogens is 461 g/mol. The predicted octanol–water partition coefficient (Wildman–Crippen LogP) is 5.69. The molecule has 3 aromatic rings. The summed E-state index contributed by atoms with van der Waals surface area (Å²) in [5.41, 5.74) is -0.288. The van der Waals surface area contributed by atoms with Crippen molar-refractivity contribution >= 4 is 57.1 Å². The first-order valence-electron chi connectivity index (χ1n) is 8.29. The highest BCUT2D eigenvalue weighted by molar-refractivity contribution is 8.01. The summed E-state index contributed by atoms with van der Waals surface area (Å²) in [6, 6.07) is 10.0. The Hall–Kier alpha value is -2.50. The van der Waals surface area contributed by atoms with E-state index in [-0.39, 0.29) is 16.5 Å². The number of hydrogen-bond donors (Lipinski definition) is 2. The second kappa shape index (κ2) is 9.54. The molecule has 0 fully saturated rings. The lowest BCUT2D eigenvalue weighted by Crippen LogP contribution is -2.15. The number of carbonyl (C=O) groups excluding carboxylic acids is 1. The van der Waals surface area contributed by atoms with Crippen LogP contribution in [0, 0.1) is 0 Å². The van der Waals surface area contributed by atoms with E-state index in [1.54, 1.807) is 13.2 Å². The van der Waals surface area contributed by atoms with E-state index in [4.69, 9.17) is 16.3 Å². The number of benzene rings is 2. The Balaban J connectivity index is 1.58. The Kier molecular flexibility index (Phi) is 7.06. The number of carbonyl (C=O) groups is 1. The summed E-state index contributed by atoms with van der Waals surface area (Å²) in [7, 11) is 1.55. The van der Waals surface area contributed by atoms with Gasteiger partial charge in [-0.25, -0.2) is 0 Å². The smallest absolute Gasteiger partial charge is 0.416 e. The number of nitrogens with zero attached hydrogens (tertiary/aromatic N) is 2. The number of anilines is 3. The Morgan fingerprint density at radius 1 is 1.20 bits per heavy atom. The number of hydrogen-bond acceptors (Lipinski definition) is 7. The van der Waals surface area contributed by atoms with E-state index in [1.165, 1.54) is 11.3 Å². The average Bonchev–Trinajstić information content (AvgIpc) is 3.15. The van der Waals surface area contributed by atoms with Crippen LogP contribution in [0.3, 0.4) is 0 Å². The molecule has 1 aromatic heterocycles. The largest absolute Gasteiger partial charge is 0.495 e. The zero-order chi connectivity index (χ0) is 21.7. The molecule has 0 bridgehead atoms. The molecule has 0 unspecified atom stereocenters. The standard InChI is InChI=1S/C18H14ClF3N4O2S2/c1-28-14-5-3-2-4-12(14)24-16-25-26-17(30-16)29-9-15(27)23-13-8-10(18(20,21)22)6-7-11(13)19/h2-8H,9H2,1H3,(H,23,27)(H,24,25). The fraction of sp³-hybridized carbons (Fsp3) is 0.167. The third kappa shape index (κ3) is 5.77. The van der Waals surface area contributed by atoms with E-state index < -0.39 is 17.6 Å². The molecule has 0 aliphatic heterocycles. The van der Waals surface area contributed by atoms with Crippen LogP contribution in [0.25, 0.3) is 0 Å². The minimum Gasteiger partial charge on any atom is -0.495 e. The molecule has 0 radical (unpaired) electrons. The number of alkyl halides is 3. The van der Waals surface area contributed by atoms with E-state index in [1.807, 2.05) is 18.2 Å². The zero-order valence-corrected chi connectivity index (χ0v) is 17.7. The summed E-state index contributed by atoms with van der Waals surface area (Å²) in [5, 5.41) is 14.0. The van der Waals surface area contributed by atoms with Crippen LogP contribution in [0.4, 0.5) is 29.7 Å². The number of amides is 1. The molecule has 158 valence electrons. The number of ether oxygens (including phenoxy) is 1. The first-order valence-corrected chi connectivity index (χ1v) is 10.5. The Labute approximate surface area is 182 Å². The van der Waals surface area contributed by atoms with Gasteiger partial charge in [-0.15, -0.1) is 10.2 Å². The molecule has 0 aliphatic rings. The van der Waals surface area contributed by atoms with E-state index in [2.05, 4.69) is 20.8 Å². The normalized spacial score (nSPS) is 11.2. The maximum atomic E-state index is 12.8. The molecule has 3 rings (SSSR count). The van der Waals surface area contributed by atoms with Gasteiger partial charge < -0.3 is 15.4 Å². The number of thioether (sulfide) groups is 1. The minimum absolute atomic E-state index is 0.0144. The van der Waals surface area contributed by atoms with Crippen molar-refractivity contribution in [2.45, 2.75) is 10.5 Å². The van der Waals surface area contributed by atoms with E-state index in [9.17, 15) is 18.0 Å². The number of nitrogens with one attached hydrogen (secondary N) is 2. The molecule has 0 atom stereocenters. The summed E-state index contributed by atoms with van der Waals surface area (Å²) in [4.78, 5) is 12.1. The van der Waals surface area contributed by atoms with Crippen molar-refractivity contribution in [3.8, 4) is 5.75 Å². The summed E-state index contributed by atoms with van der Waals surface area (Å²) < 4.78 is 44.2. The molecule has 2 aromatic carbocycles.